The van der Waals surface area contributed by atoms with Gasteiger partial charge in [-0.25, -0.2) is 0 Å². The van der Waals surface area contributed by atoms with E-state index in [4.69, 9.17) is 26.8 Å². The highest BCUT2D eigenvalue weighted by Gasteiger charge is 2.27. The highest BCUT2D eigenvalue weighted by molar-refractivity contribution is 6.22. The summed E-state index contributed by atoms with van der Waals surface area (Å²) in [7, 11) is 0. The fraction of sp³-hybridized carbons (Fsp3) is 0.900. The molecule has 0 spiro atoms. The number of hydrogen-bond donors (Lipinski definition) is 1. The van der Waals surface area contributed by atoms with Crippen molar-refractivity contribution in [3.63, 3.8) is 0 Å². The van der Waals surface area contributed by atoms with Crippen LogP contribution in [0.1, 0.15) is 6.42 Å². The van der Waals surface area contributed by atoms with Crippen LogP contribution in [0.4, 0.5) is 0 Å². The van der Waals surface area contributed by atoms with Crippen LogP contribution in [0.5, 0.6) is 0 Å². The molecule has 5 nitrogen and oxygen atoms in total. The summed E-state index contributed by atoms with van der Waals surface area (Å²) in [6.07, 6.45) is 0.446. The highest BCUT2D eigenvalue weighted by atomic mass is 35.5. The third kappa shape index (κ3) is 5.12. The molecule has 1 heterocycles. The normalized spacial score (nSPS) is 20.8. The van der Waals surface area contributed by atoms with Crippen molar-refractivity contribution in [2.45, 2.75) is 11.8 Å². The molecule has 0 aromatic carbocycles. The molecule has 0 aliphatic carbocycles. The summed E-state index contributed by atoms with van der Waals surface area (Å²) in [5, 5.41) is -0.0413. The number of carbonyl (C=O) groups is 1. The number of halogens is 1. The minimum Gasteiger partial charge on any atom is -0.378 e. The highest BCUT2D eigenvalue weighted by Crippen LogP contribution is 2.15. The standard InChI is InChI=1S/C10H19ClN2O3/c11-9-7-10(14)13(8-9)2-4-16-6-5-15-3-1-12/h9H,1-8,12H2. The number of nitrogens with zero attached hydrogens (tertiary/aromatic N) is 1. The predicted molar refractivity (Wildman–Crippen MR) is 61.5 cm³/mol. The fourth-order valence-electron chi connectivity index (χ4n) is 1.52. The van der Waals surface area contributed by atoms with Crippen LogP contribution in [-0.4, -0.2) is 62.2 Å². The maximum atomic E-state index is 11.3. The van der Waals surface area contributed by atoms with Crippen LogP contribution in [0, 0.1) is 0 Å². The van der Waals surface area contributed by atoms with Crippen LogP contribution in [0.3, 0.4) is 0 Å². The second kappa shape index (κ2) is 7.84. The van der Waals surface area contributed by atoms with E-state index in [-0.39, 0.29) is 11.3 Å². The van der Waals surface area contributed by atoms with Gasteiger partial charge in [-0.15, -0.1) is 11.6 Å². The molecule has 2 N–H and O–H groups in total. The molecule has 0 aromatic rings. The van der Waals surface area contributed by atoms with Crippen LogP contribution < -0.4 is 5.73 Å². The molecule has 0 saturated carbocycles. The minimum atomic E-state index is -0.0413. The molecule has 1 saturated heterocycles. The van der Waals surface area contributed by atoms with Gasteiger partial charge in [0.1, 0.15) is 0 Å². The second-order valence-electron chi connectivity index (χ2n) is 3.65. The Morgan fingerprint density at radius 3 is 2.56 bits per heavy atom. The van der Waals surface area contributed by atoms with Crippen molar-refractivity contribution in [2.24, 2.45) is 5.73 Å². The Morgan fingerprint density at radius 1 is 1.31 bits per heavy atom. The van der Waals surface area contributed by atoms with Gasteiger partial charge in [0, 0.05) is 26.1 Å². The third-order valence-electron chi connectivity index (χ3n) is 2.31. The van der Waals surface area contributed by atoms with Gasteiger partial charge in [-0.3, -0.25) is 4.79 Å². The number of nitrogens with two attached hydrogens (primary N) is 1. The SMILES string of the molecule is NCCOCCOCCN1CC(Cl)CC1=O. The van der Waals surface area contributed by atoms with Crippen molar-refractivity contribution in [3.8, 4) is 0 Å². The van der Waals surface area contributed by atoms with Crippen molar-refractivity contribution < 1.29 is 14.3 Å². The first-order valence-corrected chi connectivity index (χ1v) is 5.95. The number of hydrogen-bond acceptors (Lipinski definition) is 4. The minimum absolute atomic E-state index is 0.0413. The monoisotopic (exact) mass is 250 g/mol. The summed E-state index contributed by atoms with van der Waals surface area (Å²) in [4.78, 5) is 13.1. The maximum absolute atomic E-state index is 11.3. The van der Waals surface area contributed by atoms with Crippen molar-refractivity contribution >= 4 is 17.5 Å². The van der Waals surface area contributed by atoms with Crippen LogP contribution in [0.15, 0.2) is 0 Å². The van der Waals surface area contributed by atoms with Crippen LogP contribution >= 0.6 is 11.6 Å². The maximum Gasteiger partial charge on any atom is 0.224 e. The topological polar surface area (TPSA) is 64.8 Å². The molecule has 0 bridgehead atoms. The molecule has 1 amide bonds. The molecular weight excluding hydrogens is 232 g/mol. The smallest absolute Gasteiger partial charge is 0.224 e. The van der Waals surface area contributed by atoms with Crippen molar-refractivity contribution in [3.05, 3.63) is 0 Å². The molecule has 0 radical (unpaired) electrons. The molecule has 1 rings (SSSR count). The molecule has 1 atom stereocenters. The predicted octanol–water partition coefficient (Wildman–Crippen LogP) is -0.182. The zero-order valence-electron chi connectivity index (χ0n) is 9.36. The second-order valence-corrected chi connectivity index (χ2v) is 4.27. The number of amides is 1. The van der Waals surface area contributed by atoms with Crippen molar-refractivity contribution in [2.75, 3.05) is 46.1 Å². The lowest BCUT2D eigenvalue weighted by Crippen LogP contribution is -2.29. The molecule has 94 valence electrons. The van der Waals surface area contributed by atoms with E-state index >= 15 is 0 Å². The lowest BCUT2D eigenvalue weighted by molar-refractivity contribution is -0.128. The Kier molecular flexibility index (Phi) is 6.71. The van der Waals surface area contributed by atoms with E-state index in [1.807, 2.05) is 0 Å². The molecule has 1 fully saturated rings. The van der Waals surface area contributed by atoms with Gasteiger partial charge in [0.25, 0.3) is 0 Å². The Bertz CT molecular complexity index is 216. The first kappa shape index (κ1) is 13.7. The Hall–Kier alpha value is -0.360. The largest absolute Gasteiger partial charge is 0.378 e. The first-order chi connectivity index (χ1) is 7.74. The number of rotatable bonds is 8. The number of alkyl halides is 1. The molecular formula is C10H19ClN2O3. The zero-order valence-corrected chi connectivity index (χ0v) is 10.1. The van der Waals surface area contributed by atoms with E-state index < -0.39 is 0 Å². The van der Waals surface area contributed by atoms with E-state index in [0.29, 0.717) is 52.5 Å². The van der Waals surface area contributed by atoms with Crippen LogP contribution in [-0.2, 0) is 14.3 Å². The lowest BCUT2D eigenvalue weighted by Gasteiger charge is -2.15. The molecule has 1 aliphatic rings. The number of likely N-dealkylation sites (tertiary alicyclic amines) is 1. The van der Waals surface area contributed by atoms with Gasteiger partial charge in [-0.05, 0) is 0 Å². The zero-order chi connectivity index (χ0) is 11.8. The van der Waals surface area contributed by atoms with E-state index in [1.165, 1.54) is 0 Å². The summed E-state index contributed by atoms with van der Waals surface area (Å²) in [5.74, 6) is 0.114. The van der Waals surface area contributed by atoms with E-state index in [2.05, 4.69) is 0 Å². The summed E-state index contributed by atoms with van der Waals surface area (Å²) >= 11 is 5.86. The summed E-state index contributed by atoms with van der Waals surface area (Å²) in [6, 6.07) is 0. The Morgan fingerprint density at radius 2 is 2.00 bits per heavy atom. The van der Waals surface area contributed by atoms with E-state index in [9.17, 15) is 4.79 Å². The van der Waals surface area contributed by atoms with Gasteiger partial charge in [0.05, 0.1) is 31.8 Å². The van der Waals surface area contributed by atoms with Gasteiger partial charge < -0.3 is 20.1 Å². The molecule has 16 heavy (non-hydrogen) atoms. The number of ether oxygens (including phenoxy) is 2. The molecule has 0 aromatic heterocycles. The Balaban J connectivity index is 1.93. The summed E-state index contributed by atoms with van der Waals surface area (Å²) in [5.41, 5.74) is 5.26. The van der Waals surface area contributed by atoms with Gasteiger partial charge >= 0.3 is 0 Å². The van der Waals surface area contributed by atoms with Crippen molar-refractivity contribution in [1.82, 2.24) is 4.90 Å². The van der Waals surface area contributed by atoms with Gasteiger partial charge in [-0.2, -0.15) is 0 Å². The average Bonchev–Trinajstić information content (AvgIpc) is 2.56. The lowest BCUT2D eigenvalue weighted by atomic mass is 10.4. The fourth-order valence-corrected chi connectivity index (χ4v) is 1.82. The van der Waals surface area contributed by atoms with Crippen LogP contribution in [0.25, 0.3) is 0 Å². The molecule has 1 unspecified atom stereocenters. The van der Waals surface area contributed by atoms with Gasteiger partial charge in [-0.1, -0.05) is 0 Å². The third-order valence-corrected chi connectivity index (χ3v) is 2.60. The van der Waals surface area contributed by atoms with Crippen LogP contribution in [0.2, 0.25) is 0 Å². The first-order valence-electron chi connectivity index (χ1n) is 5.51. The summed E-state index contributed by atoms with van der Waals surface area (Å²) in [6.45, 7) is 3.94. The Labute approximate surface area is 101 Å². The van der Waals surface area contributed by atoms with Gasteiger partial charge in [0.15, 0.2) is 0 Å². The van der Waals surface area contributed by atoms with E-state index in [0.717, 1.165) is 0 Å². The quantitative estimate of drug-likeness (QED) is 0.479. The molecule has 6 heteroatoms. The van der Waals surface area contributed by atoms with Gasteiger partial charge in [0.2, 0.25) is 5.91 Å². The summed E-state index contributed by atoms with van der Waals surface area (Å²) < 4.78 is 10.5. The molecule has 1 aliphatic heterocycles. The number of carbonyl (C=O) groups excluding carboxylic acids is 1. The van der Waals surface area contributed by atoms with E-state index in [1.54, 1.807) is 4.90 Å². The van der Waals surface area contributed by atoms with Crippen molar-refractivity contribution in [1.29, 1.82) is 0 Å². The average molecular weight is 251 g/mol.